The molecule has 3 aromatic heterocycles. The van der Waals surface area contributed by atoms with Crippen LogP contribution in [-0.2, 0) is 12.6 Å². The third-order valence-corrected chi connectivity index (χ3v) is 8.01. The zero-order valence-electron chi connectivity index (χ0n) is 22.7. The van der Waals surface area contributed by atoms with Gasteiger partial charge in [-0.25, -0.2) is 9.55 Å². The summed E-state index contributed by atoms with van der Waals surface area (Å²) in [6, 6.07) is 23.5. The van der Waals surface area contributed by atoms with Crippen LogP contribution in [0.1, 0.15) is 51.7 Å². The molecule has 0 bridgehead atoms. The van der Waals surface area contributed by atoms with Crippen LogP contribution in [0.3, 0.4) is 0 Å². The van der Waals surface area contributed by atoms with Crippen LogP contribution in [0, 0.1) is 6.92 Å². The molecule has 6 aromatic rings. The summed E-state index contributed by atoms with van der Waals surface area (Å²) in [4.78, 5) is 5.17. The van der Waals surface area contributed by atoms with E-state index in [1.807, 2.05) is 13.8 Å². The monoisotopic (exact) mass is 472 g/mol. The van der Waals surface area contributed by atoms with E-state index >= 15 is 0 Å². The normalized spacial score (nSPS) is 15.0. The molecule has 0 unspecified atom stereocenters. The van der Waals surface area contributed by atoms with E-state index in [0.717, 1.165) is 33.5 Å². The number of benzene rings is 3. The van der Waals surface area contributed by atoms with Gasteiger partial charge in [0.25, 0.3) is 0 Å². The van der Waals surface area contributed by atoms with Crippen molar-refractivity contribution in [2.24, 2.45) is 7.05 Å². The summed E-state index contributed by atoms with van der Waals surface area (Å²) in [6.45, 7) is 10.8. The van der Waals surface area contributed by atoms with E-state index in [2.05, 4.69) is 114 Å². The number of fused-ring (bicyclic) bond motifs is 7. The predicted molar refractivity (Wildman–Crippen MR) is 147 cm³/mol. The molecule has 0 atom stereocenters. The maximum Gasteiger partial charge on any atom is 0.220 e. The van der Waals surface area contributed by atoms with E-state index in [1.54, 1.807) is 0 Å². The van der Waals surface area contributed by atoms with Gasteiger partial charge in [0.2, 0.25) is 11.5 Å². The number of aryl methyl sites for hydroxylation is 2. The molecule has 7 rings (SSSR count). The van der Waals surface area contributed by atoms with Gasteiger partial charge in [-0.1, -0.05) is 62.4 Å². The lowest BCUT2D eigenvalue weighted by molar-refractivity contribution is -0.661. The number of aromatic nitrogens is 4. The highest BCUT2D eigenvalue weighted by molar-refractivity contribution is 6.02. The second kappa shape index (κ2) is 7.07. The van der Waals surface area contributed by atoms with Gasteiger partial charge in [0.05, 0.1) is 38.7 Å². The number of rotatable bonds is 2. The fourth-order valence-corrected chi connectivity index (χ4v) is 6.46. The largest absolute Gasteiger partial charge is 0.299 e. The average Bonchev–Trinajstić information content (AvgIpc) is 3.38. The maximum atomic E-state index is 9.15. The highest BCUT2D eigenvalue weighted by Gasteiger charge is 2.44. The Labute approximate surface area is 212 Å². The average molecular weight is 473 g/mol. The van der Waals surface area contributed by atoms with Gasteiger partial charge in [-0.15, -0.1) is 0 Å². The number of pyridine rings is 1. The highest BCUT2D eigenvalue weighted by atomic mass is 15.2. The number of nitrogens with zero attached hydrogens (tertiary/aromatic N) is 4. The van der Waals surface area contributed by atoms with E-state index in [1.165, 1.54) is 33.4 Å². The third kappa shape index (κ3) is 2.54. The van der Waals surface area contributed by atoms with E-state index < -0.39 is 11.4 Å². The number of hydrogen-bond acceptors (Lipinski definition) is 1. The Bertz CT molecular complexity index is 1900. The summed E-state index contributed by atoms with van der Waals surface area (Å²) in [5.74, 6) is 0.180. The van der Waals surface area contributed by atoms with Crippen LogP contribution in [0.4, 0.5) is 0 Å². The Kier molecular flexibility index (Phi) is 3.98. The van der Waals surface area contributed by atoms with Gasteiger partial charge >= 0.3 is 0 Å². The van der Waals surface area contributed by atoms with E-state index in [9.17, 15) is 0 Å². The maximum absolute atomic E-state index is 9.15. The van der Waals surface area contributed by atoms with Crippen LogP contribution in [0.2, 0.25) is 0 Å². The lowest BCUT2D eigenvalue weighted by atomic mass is 9.77. The van der Waals surface area contributed by atoms with Crippen molar-refractivity contribution in [3.63, 3.8) is 0 Å². The van der Waals surface area contributed by atoms with Gasteiger partial charge in [-0.2, -0.15) is 0 Å². The molecule has 0 spiro atoms. The van der Waals surface area contributed by atoms with E-state index in [0.29, 0.717) is 0 Å². The van der Waals surface area contributed by atoms with Gasteiger partial charge in [0, 0.05) is 12.5 Å². The van der Waals surface area contributed by atoms with Gasteiger partial charge < -0.3 is 0 Å². The van der Waals surface area contributed by atoms with Gasteiger partial charge in [-0.3, -0.25) is 8.97 Å². The molecule has 0 radical (unpaired) electrons. The van der Waals surface area contributed by atoms with E-state index in [4.69, 9.17) is 6.35 Å². The van der Waals surface area contributed by atoms with Crippen molar-refractivity contribution in [3.05, 3.63) is 89.6 Å². The Morgan fingerprint density at radius 2 is 1.64 bits per heavy atom. The third-order valence-electron chi connectivity index (χ3n) is 8.01. The second-order valence-electron chi connectivity index (χ2n) is 10.9. The Morgan fingerprint density at radius 3 is 2.39 bits per heavy atom. The molecule has 1 aliphatic rings. The van der Waals surface area contributed by atoms with Crippen LogP contribution in [-0.4, -0.2) is 14.0 Å². The molecule has 1 aliphatic heterocycles. The molecule has 36 heavy (non-hydrogen) atoms. The minimum atomic E-state index is -0.774. The van der Waals surface area contributed by atoms with Crippen LogP contribution in [0.15, 0.2) is 72.9 Å². The number of para-hydroxylation sites is 2. The van der Waals surface area contributed by atoms with Crippen molar-refractivity contribution in [1.82, 2.24) is 14.0 Å². The zero-order chi connectivity index (χ0) is 25.9. The van der Waals surface area contributed by atoms with Crippen molar-refractivity contribution in [2.75, 3.05) is 0 Å². The lowest BCUT2D eigenvalue weighted by Crippen LogP contribution is -2.42. The van der Waals surface area contributed by atoms with Crippen molar-refractivity contribution >= 4 is 27.8 Å². The van der Waals surface area contributed by atoms with Crippen molar-refractivity contribution in [2.45, 2.75) is 46.1 Å². The number of hydrogen-bond donors (Lipinski definition) is 0. The molecule has 4 heterocycles. The first kappa shape index (κ1) is 20.3. The molecule has 0 saturated carbocycles. The van der Waals surface area contributed by atoms with Crippen molar-refractivity contribution in [1.29, 1.82) is 0 Å². The van der Waals surface area contributed by atoms with Gasteiger partial charge in [-0.05, 0) is 56.0 Å². The van der Waals surface area contributed by atoms with E-state index in [-0.39, 0.29) is 0 Å². The highest BCUT2D eigenvalue weighted by Crippen LogP contribution is 2.51. The summed E-state index contributed by atoms with van der Waals surface area (Å²) in [7, 11) is 2.14. The summed E-state index contributed by atoms with van der Waals surface area (Å²) < 4.78 is 16.2. The van der Waals surface area contributed by atoms with Crippen molar-refractivity contribution < 1.29 is 5.94 Å². The van der Waals surface area contributed by atoms with Crippen LogP contribution in [0.5, 0.6) is 0 Å². The summed E-state index contributed by atoms with van der Waals surface area (Å²) >= 11 is 0. The van der Waals surface area contributed by atoms with Crippen LogP contribution < -0.4 is 4.57 Å². The lowest BCUT2D eigenvalue weighted by Gasteiger charge is -2.36. The Hall–Kier alpha value is -3.92. The van der Waals surface area contributed by atoms with Gasteiger partial charge in [0.15, 0.2) is 6.20 Å². The molecule has 0 aliphatic carbocycles. The topological polar surface area (TPSA) is 26.1 Å². The number of imidazole rings is 2. The standard InChI is InChI=1S/C32H31N4/c1-19(2)22-18-34(6)30-26-20(3)16-17-25-29(26)36(31-33-23-14-10-11-15-24(23)35(25)31)32(4,5)28(30)27(22)21-12-8-7-9-13-21/h7-19H,1-6H3/q+1/i19D. The molecule has 0 N–H and O–H groups in total. The fourth-order valence-electron chi connectivity index (χ4n) is 6.46. The van der Waals surface area contributed by atoms with Gasteiger partial charge in [0.1, 0.15) is 7.05 Å². The molecule has 178 valence electrons. The molecular weight excluding hydrogens is 440 g/mol. The summed E-state index contributed by atoms with van der Waals surface area (Å²) in [6.07, 6.45) is 2.18. The quantitative estimate of drug-likeness (QED) is 0.246. The van der Waals surface area contributed by atoms with Crippen molar-refractivity contribution in [3.8, 4) is 22.4 Å². The first-order valence-electron chi connectivity index (χ1n) is 13.2. The summed E-state index contributed by atoms with van der Waals surface area (Å²) in [5.41, 5.74) is 12.4. The fraction of sp³-hybridized carbons (Fsp3) is 0.250. The molecule has 3 aromatic carbocycles. The molecule has 4 nitrogen and oxygen atoms in total. The second-order valence-corrected chi connectivity index (χ2v) is 10.9. The van der Waals surface area contributed by atoms with Crippen LogP contribution >= 0.6 is 0 Å². The smallest absolute Gasteiger partial charge is 0.220 e. The Balaban J connectivity index is 1.76. The minimum absolute atomic E-state index is 0.426. The molecular formula is C32H31N4+. The van der Waals surface area contributed by atoms with Crippen LogP contribution in [0.25, 0.3) is 50.2 Å². The molecule has 0 amide bonds. The first-order chi connectivity index (χ1) is 17.6. The zero-order valence-corrected chi connectivity index (χ0v) is 21.7. The minimum Gasteiger partial charge on any atom is -0.299 e. The Morgan fingerprint density at radius 1 is 0.917 bits per heavy atom. The molecule has 0 saturated heterocycles. The first-order valence-corrected chi connectivity index (χ1v) is 12.7. The SMILES string of the molecule is [2H]C(C)(C)c1c[n+](C)c2c(c1-c1ccccc1)C(C)(C)n1c3c-2c(C)ccc3n2c3ccccc3nc12. The molecule has 4 heteroatoms. The summed E-state index contributed by atoms with van der Waals surface area (Å²) in [5, 5.41) is 0. The predicted octanol–water partition coefficient (Wildman–Crippen LogP) is 7.13. The molecule has 0 fully saturated rings.